The van der Waals surface area contributed by atoms with Crippen molar-refractivity contribution in [1.82, 2.24) is 4.98 Å². The van der Waals surface area contributed by atoms with Crippen molar-refractivity contribution in [3.05, 3.63) is 83.7 Å². The number of ether oxygens (including phenoxy) is 1. The molecule has 3 rings (SSSR count). The number of nitrogens with zero attached hydrogens (tertiary/aromatic N) is 1. The fourth-order valence-electron chi connectivity index (χ4n) is 2.49. The van der Waals surface area contributed by atoms with Crippen molar-refractivity contribution in [1.29, 1.82) is 0 Å². The van der Waals surface area contributed by atoms with Gasteiger partial charge in [-0.05, 0) is 61.0 Å². The maximum atomic E-state index is 12.4. The van der Waals surface area contributed by atoms with Crippen LogP contribution in [-0.2, 0) is 0 Å². The van der Waals surface area contributed by atoms with Gasteiger partial charge in [0.25, 0.3) is 11.8 Å². The summed E-state index contributed by atoms with van der Waals surface area (Å²) < 4.78 is 5.09. The third-order valence-electron chi connectivity index (χ3n) is 3.88. The second kappa shape index (κ2) is 8.14. The number of nitrogens with one attached hydrogen (secondary N) is 2. The average molecular weight is 361 g/mol. The fraction of sp³-hybridized carbons (Fsp3) is 0.0952. The molecular formula is C21H19N3O3. The minimum absolute atomic E-state index is 0.166. The molecular weight excluding hydrogens is 342 g/mol. The lowest BCUT2D eigenvalue weighted by Crippen LogP contribution is -2.17. The van der Waals surface area contributed by atoms with Crippen molar-refractivity contribution in [2.45, 2.75) is 6.92 Å². The Bertz CT molecular complexity index is 968. The maximum Gasteiger partial charge on any atom is 0.274 e. The molecule has 0 aliphatic carbocycles. The summed E-state index contributed by atoms with van der Waals surface area (Å²) in [6.07, 6.45) is 1.44. The Hall–Kier alpha value is -3.67. The van der Waals surface area contributed by atoms with E-state index in [2.05, 4.69) is 15.6 Å². The molecule has 2 N–H and O–H groups in total. The van der Waals surface area contributed by atoms with Crippen molar-refractivity contribution in [3.63, 3.8) is 0 Å². The number of methoxy groups -OCH3 is 1. The van der Waals surface area contributed by atoms with Crippen LogP contribution in [0.2, 0.25) is 0 Å². The highest BCUT2D eigenvalue weighted by Crippen LogP contribution is 2.16. The zero-order valence-electron chi connectivity index (χ0n) is 15.0. The van der Waals surface area contributed by atoms with Gasteiger partial charge in [0.05, 0.1) is 7.11 Å². The first-order chi connectivity index (χ1) is 13.0. The number of aromatic nitrogens is 1. The van der Waals surface area contributed by atoms with E-state index in [9.17, 15) is 9.59 Å². The van der Waals surface area contributed by atoms with Gasteiger partial charge in [-0.15, -0.1) is 0 Å². The summed E-state index contributed by atoms with van der Waals surface area (Å²) in [5.74, 6) is -0.00103. The quantitative estimate of drug-likeness (QED) is 0.722. The molecule has 0 unspecified atom stereocenters. The molecule has 0 bridgehead atoms. The van der Waals surface area contributed by atoms with Crippen molar-refractivity contribution in [3.8, 4) is 5.75 Å². The molecule has 0 aliphatic heterocycles. The molecule has 2 amide bonds. The van der Waals surface area contributed by atoms with Gasteiger partial charge in [0.15, 0.2) is 0 Å². The molecule has 0 spiro atoms. The highest BCUT2D eigenvalue weighted by Gasteiger charge is 2.12. The summed E-state index contributed by atoms with van der Waals surface area (Å²) in [4.78, 5) is 28.9. The summed E-state index contributed by atoms with van der Waals surface area (Å²) in [6, 6.07) is 17.5. The van der Waals surface area contributed by atoms with Gasteiger partial charge in [0, 0.05) is 23.1 Å². The van der Waals surface area contributed by atoms with E-state index >= 15 is 0 Å². The minimum Gasteiger partial charge on any atom is -0.497 e. The number of carbonyl (C=O) groups is 2. The number of rotatable bonds is 5. The van der Waals surface area contributed by atoms with E-state index in [1.54, 1.807) is 43.5 Å². The van der Waals surface area contributed by atoms with Gasteiger partial charge in [0.1, 0.15) is 11.4 Å². The topological polar surface area (TPSA) is 80.3 Å². The summed E-state index contributed by atoms with van der Waals surface area (Å²) in [5.41, 5.74) is 2.85. The number of benzene rings is 2. The van der Waals surface area contributed by atoms with Crippen molar-refractivity contribution < 1.29 is 14.3 Å². The van der Waals surface area contributed by atoms with Gasteiger partial charge in [-0.1, -0.05) is 12.1 Å². The van der Waals surface area contributed by atoms with Crippen LogP contribution in [-0.4, -0.2) is 23.9 Å². The van der Waals surface area contributed by atoms with Crippen LogP contribution in [0.4, 0.5) is 11.4 Å². The van der Waals surface area contributed by atoms with Crippen LogP contribution < -0.4 is 15.4 Å². The number of hydrogen-bond donors (Lipinski definition) is 2. The van der Waals surface area contributed by atoms with E-state index in [0.717, 1.165) is 5.56 Å². The Labute approximate surface area is 157 Å². The Morgan fingerprint density at radius 2 is 1.63 bits per heavy atom. The normalized spacial score (nSPS) is 10.1. The van der Waals surface area contributed by atoms with Gasteiger partial charge >= 0.3 is 0 Å². The SMILES string of the molecule is COc1ccc(NC(=O)c2ccnc(C(=O)Nc3cccc(C)c3)c2)cc1. The van der Waals surface area contributed by atoms with Gasteiger partial charge in [-0.25, -0.2) is 0 Å². The number of hydrogen-bond acceptors (Lipinski definition) is 4. The molecule has 6 nitrogen and oxygen atoms in total. The van der Waals surface area contributed by atoms with E-state index in [1.807, 2.05) is 25.1 Å². The van der Waals surface area contributed by atoms with Crippen LogP contribution in [0, 0.1) is 6.92 Å². The number of anilines is 2. The lowest BCUT2D eigenvalue weighted by atomic mass is 10.2. The molecule has 6 heteroatoms. The van der Waals surface area contributed by atoms with Crippen LogP contribution in [0.25, 0.3) is 0 Å². The predicted molar refractivity (Wildman–Crippen MR) is 104 cm³/mol. The molecule has 0 saturated heterocycles. The molecule has 1 heterocycles. The number of aryl methyl sites for hydroxylation is 1. The Kier molecular flexibility index (Phi) is 5.47. The molecule has 136 valence electrons. The smallest absolute Gasteiger partial charge is 0.274 e. The zero-order valence-corrected chi connectivity index (χ0v) is 15.0. The highest BCUT2D eigenvalue weighted by atomic mass is 16.5. The Morgan fingerprint density at radius 3 is 2.33 bits per heavy atom. The molecule has 3 aromatic rings. The van der Waals surface area contributed by atoms with Crippen LogP contribution in [0.15, 0.2) is 66.9 Å². The maximum absolute atomic E-state index is 12.4. The van der Waals surface area contributed by atoms with Crippen molar-refractivity contribution in [2.24, 2.45) is 0 Å². The van der Waals surface area contributed by atoms with E-state index in [0.29, 0.717) is 22.7 Å². The van der Waals surface area contributed by atoms with E-state index in [1.165, 1.54) is 12.3 Å². The van der Waals surface area contributed by atoms with Gasteiger partial charge in [-0.2, -0.15) is 0 Å². The van der Waals surface area contributed by atoms with Gasteiger partial charge < -0.3 is 15.4 Å². The average Bonchev–Trinajstić information content (AvgIpc) is 2.68. The van der Waals surface area contributed by atoms with Crippen LogP contribution in [0.5, 0.6) is 5.75 Å². The van der Waals surface area contributed by atoms with Crippen molar-refractivity contribution >= 4 is 23.2 Å². The van der Waals surface area contributed by atoms with Crippen LogP contribution >= 0.6 is 0 Å². The van der Waals surface area contributed by atoms with Crippen LogP contribution in [0.1, 0.15) is 26.4 Å². The molecule has 1 aromatic heterocycles. The largest absolute Gasteiger partial charge is 0.497 e. The monoisotopic (exact) mass is 361 g/mol. The number of amides is 2. The van der Waals surface area contributed by atoms with Gasteiger partial charge in [-0.3, -0.25) is 14.6 Å². The highest BCUT2D eigenvalue weighted by molar-refractivity contribution is 6.07. The molecule has 0 radical (unpaired) electrons. The lowest BCUT2D eigenvalue weighted by Gasteiger charge is -2.08. The third kappa shape index (κ3) is 4.70. The summed E-state index contributed by atoms with van der Waals surface area (Å²) in [7, 11) is 1.58. The molecule has 0 atom stereocenters. The lowest BCUT2D eigenvalue weighted by molar-refractivity contribution is 0.102. The van der Waals surface area contributed by atoms with E-state index in [4.69, 9.17) is 4.74 Å². The van der Waals surface area contributed by atoms with Crippen molar-refractivity contribution in [2.75, 3.05) is 17.7 Å². The predicted octanol–water partition coefficient (Wildman–Crippen LogP) is 3.90. The summed E-state index contributed by atoms with van der Waals surface area (Å²) in [5, 5.41) is 5.56. The summed E-state index contributed by atoms with van der Waals surface area (Å²) in [6.45, 7) is 1.94. The standard InChI is InChI=1S/C21H19N3O3/c1-14-4-3-5-17(12-14)24-21(26)19-13-15(10-11-22-19)20(25)23-16-6-8-18(27-2)9-7-16/h3-13H,1-2H3,(H,23,25)(H,24,26). The minimum atomic E-state index is -0.375. The van der Waals surface area contributed by atoms with E-state index < -0.39 is 0 Å². The molecule has 2 aromatic carbocycles. The zero-order chi connectivity index (χ0) is 19.2. The molecule has 0 aliphatic rings. The third-order valence-corrected chi connectivity index (χ3v) is 3.88. The molecule has 0 saturated carbocycles. The fourth-order valence-corrected chi connectivity index (χ4v) is 2.49. The summed E-state index contributed by atoms with van der Waals surface area (Å²) >= 11 is 0. The molecule has 0 fully saturated rings. The number of carbonyl (C=O) groups excluding carboxylic acids is 2. The van der Waals surface area contributed by atoms with Crippen LogP contribution in [0.3, 0.4) is 0 Å². The second-order valence-corrected chi connectivity index (χ2v) is 5.94. The Balaban J connectivity index is 1.71. The Morgan fingerprint density at radius 1 is 0.889 bits per heavy atom. The number of pyridine rings is 1. The first kappa shape index (κ1) is 18.1. The second-order valence-electron chi connectivity index (χ2n) is 5.94. The van der Waals surface area contributed by atoms with Gasteiger partial charge in [0.2, 0.25) is 0 Å². The molecule has 27 heavy (non-hydrogen) atoms. The first-order valence-electron chi connectivity index (χ1n) is 8.34. The van der Waals surface area contributed by atoms with E-state index in [-0.39, 0.29) is 17.5 Å². The first-order valence-corrected chi connectivity index (χ1v) is 8.34.